The van der Waals surface area contributed by atoms with Crippen molar-refractivity contribution in [3.8, 4) is 0 Å². The lowest BCUT2D eigenvalue weighted by atomic mass is 10.2. The van der Waals surface area contributed by atoms with Crippen LogP contribution in [0.5, 0.6) is 0 Å². The Balaban J connectivity index is 1.61. The topological polar surface area (TPSA) is 48.8 Å². The highest BCUT2D eigenvalue weighted by molar-refractivity contribution is 5.56. The highest BCUT2D eigenvalue weighted by Gasteiger charge is 1.99. The predicted octanol–water partition coefficient (Wildman–Crippen LogP) is 5.99. The SMILES string of the molecule is Cc1ccc(N=Nc2ccc(NNc3ccccc3F)cc2)cc1. The summed E-state index contributed by atoms with van der Waals surface area (Å²) in [5, 5.41) is 8.39. The molecular weight excluding hydrogens is 303 g/mol. The summed E-state index contributed by atoms with van der Waals surface area (Å²) in [6, 6.07) is 21.7. The summed E-state index contributed by atoms with van der Waals surface area (Å²) < 4.78 is 13.5. The average Bonchev–Trinajstić information content (AvgIpc) is 2.61. The van der Waals surface area contributed by atoms with Crippen molar-refractivity contribution in [1.29, 1.82) is 0 Å². The van der Waals surface area contributed by atoms with Crippen LogP contribution in [0.25, 0.3) is 0 Å². The lowest BCUT2D eigenvalue weighted by molar-refractivity contribution is 0.631. The van der Waals surface area contributed by atoms with Gasteiger partial charge in [0.1, 0.15) is 5.82 Å². The van der Waals surface area contributed by atoms with Crippen molar-refractivity contribution >= 4 is 22.7 Å². The third-order valence-corrected chi connectivity index (χ3v) is 3.40. The van der Waals surface area contributed by atoms with Crippen LogP contribution >= 0.6 is 0 Å². The van der Waals surface area contributed by atoms with Crippen LogP contribution in [-0.2, 0) is 0 Å². The van der Waals surface area contributed by atoms with E-state index in [1.54, 1.807) is 18.2 Å². The van der Waals surface area contributed by atoms with Crippen LogP contribution in [0, 0.1) is 12.7 Å². The Morgan fingerprint density at radius 2 is 1.29 bits per heavy atom. The Kier molecular flexibility index (Phi) is 4.81. The first-order chi connectivity index (χ1) is 11.7. The summed E-state index contributed by atoms with van der Waals surface area (Å²) >= 11 is 0. The summed E-state index contributed by atoms with van der Waals surface area (Å²) in [5.74, 6) is -0.312. The van der Waals surface area contributed by atoms with Crippen LogP contribution in [0.4, 0.5) is 27.1 Å². The van der Waals surface area contributed by atoms with Crippen molar-refractivity contribution in [2.75, 3.05) is 10.9 Å². The summed E-state index contributed by atoms with van der Waals surface area (Å²) in [4.78, 5) is 0. The van der Waals surface area contributed by atoms with Gasteiger partial charge in [0.15, 0.2) is 0 Å². The molecule has 0 radical (unpaired) electrons. The Morgan fingerprint density at radius 1 is 0.708 bits per heavy atom. The fourth-order valence-corrected chi connectivity index (χ4v) is 2.04. The van der Waals surface area contributed by atoms with Gasteiger partial charge in [-0.2, -0.15) is 10.2 Å². The predicted molar refractivity (Wildman–Crippen MR) is 95.4 cm³/mol. The zero-order valence-electron chi connectivity index (χ0n) is 13.2. The van der Waals surface area contributed by atoms with E-state index in [1.165, 1.54) is 11.6 Å². The number of nitrogens with one attached hydrogen (secondary N) is 2. The number of nitrogens with zero attached hydrogens (tertiary/aromatic N) is 2. The summed E-state index contributed by atoms with van der Waals surface area (Å²) in [6.07, 6.45) is 0. The number of hydrazine groups is 1. The van der Waals surface area contributed by atoms with E-state index in [0.29, 0.717) is 5.69 Å². The standard InChI is InChI=1S/C19H17FN4/c1-14-6-8-15(9-7-14)21-22-16-10-12-17(13-11-16)23-24-19-5-3-2-4-18(19)20/h2-13,23-24H,1H3. The Bertz CT molecular complexity index is 827. The van der Waals surface area contributed by atoms with Gasteiger partial charge in [0, 0.05) is 0 Å². The molecule has 0 aliphatic rings. The lowest BCUT2D eigenvalue weighted by Crippen LogP contribution is -2.09. The maximum absolute atomic E-state index is 13.5. The van der Waals surface area contributed by atoms with Gasteiger partial charge in [-0.15, -0.1) is 0 Å². The molecule has 4 nitrogen and oxygen atoms in total. The molecule has 0 aliphatic carbocycles. The second-order valence-corrected chi connectivity index (χ2v) is 5.31. The van der Waals surface area contributed by atoms with Crippen LogP contribution in [0.2, 0.25) is 0 Å². The molecule has 2 N–H and O–H groups in total. The van der Waals surface area contributed by atoms with Crippen LogP contribution in [0.1, 0.15) is 5.56 Å². The van der Waals surface area contributed by atoms with E-state index >= 15 is 0 Å². The molecule has 0 fully saturated rings. The van der Waals surface area contributed by atoms with E-state index in [2.05, 4.69) is 21.1 Å². The molecule has 0 heterocycles. The van der Waals surface area contributed by atoms with Gasteiger partial charge in [-0.1, -0.05) is 29.8 Å². The van der Waals surface area contributed by atoms with Crippen LogP contribution in [0.15, 0.2) is 83.0 Å². The summed E-state index contributed by atoms with van der Waals surface area (Å²) in [6.45, 7) is 2.03. The van der Waals surface area contributed by atoms with Crippen molar-refractivity contribution in [3.63, 3.8) is 0 Å². The molecule has 0 amide bonds. The highest BCUT2D eigenvalue weighted by atomic mass is 19.1. The first kappa shape index (κ1) is 15.7. The van der Waals surface area contributed by atoms with E-state index in [1.807, 2.05) is 55.5 Å². The highest BCUT2D eigenvalue weighted by Crippen LogP contribution is 2.21. The smallest absolute Gasteiger partial charge is 0.148 e. The van der Waals surface area contributed by atoms with Crippen molar-refractivity contribution in [3.05, 3.63) is 84.2 Å². The number of azo groups is 1. The number of benzene rings is 3. The molecule has 3 aromatic carbocycles. The van der Waals surface area contributed by atoms with E-state index in [0.717, 1.165) is 17.1 Å². The Labute approximate surface area is 140 Å². The molecule has 0 unspecified atom stereocenters. The number of aryl methyl sites for hydroxylation is 1. The first-order valence-electron chi connectivity index (χ1n) is 7.56. The maximum atomic E-state index is 13.5. The van der Waals surface area contributed by atoms with E-state index in [-0.39, 0.29) is 5.82 Å². The van der Waals surface area contributed by atoms with Gasteiger partial charge in [-0.05, 0) is 55.5 Å². The van der Waals surface area contributed by atoms with Crippen molar-refractivity contribution < 1.29 is 4.39 Å². The number of rotatable bonds is 5. The average molecular weight is 320 g/mol. The third-order valence-electron chi connectivity index (χ3n) is 3.40. The first-order valence-corrected chi connectivity index (χ1v) is 7.56. The van der Waals surface area contributed by atoms with Gasteiger partial charge in [0.05, 0.1) is 22.7 Å². The minimum Gasteiger partial charge on any atom is -0.301 e. The molecule has 0 bridgehead atoms. The normalized spacial score (nSPS) is 10.8. The molecular formula is C19H17FN4. The molecule has 5 heteroatoms. The Hall–Kier alpha value is -3.21. The maximum Gasteiger partial charge on any atom is 0.148 e. The molecule has 0 saturated carbocycles. The van der Waals surface area contributed by atoms with Gasteiger partial charge in [-0.3, -0.25) is 5.43 Å². The number of hydrogen-bond donors (Lipinski definition) is 2. The largest absolute Gasteiger partial charge is 0.301 e. The van der Waals surface area contributed by atoms with Gasteiger partial charge < -0.3 is 5.43 Å². The van der Waals surface area contributed by atoms with Gasteiger partial charge in [0.2, 0.25) is 0 Å². The van der Waals surface area contributed by atoms with E-state index in [4.69, 9.17) is 0 Å². The molecule has 0 spiro atoms. The van der Waals surface area contributed by atoms with Crippen LogP contribution < -0.4 is 10.9 Å². The minimum atomic E-state index is -0.312. The zero-order chi connectivity index (χ0) is 16.8. The lowest BCUT2D eigenvalue weighted by Gasteiger charge is -2.10. The van der Waals surface area contributed by atoms with E-state index < -0.39 is 0 Å². The van der Waals surface area contributed by atoms with Gasteiger partial charge >= 0.3 is 0 Å². The molecule has 0 aliphatic heterocycles. The molecule has 0 saturated heterocycles. The van der Waals surface area contributed by atoms with Gasteiger partial charge in [-0.25, -0.2) is 4.39 Å². The summed E-state index contributed by atoms with van der Waals surface area (Å²) in [5.41, 5.74) is 9.71. The van der Waals surface area contributed by atoms with Crippen molar-refractivity contribution in [2.45, 2.75) is 6.92 Å². The molecule has 120 valence electrons. The molecule has 0 atom stereocenters. The molecule has 3 aromatic rings. The fourth-order valence-electron chi connectivity index (χ4n) is 2.04. The third kappa shape index (κ3) is 4.16. The molecule has 3 rings (SSSR count). The van der Waals surface area contributed by atoms with Crippen molar-refractivity contribution in [2.24, 2.45) is 10.2 Å². The second-order valence-electron chi connectivity index (χ2n) is 5.31. The summed E-state index contributed by atoms with van der Waals surface area (Å²) in [7, 11) is 0. The second kappa shape index (κ2) is 7.37. The van der Waals surface area contributed by atoms with E-state index in [9.17, 15) is 4.39 Å². The van der Waals surface area contributed by atoms with Crippen molar-refractivity contribution in [1.82, 2.24) is 0 Å². The quantitative estimate of drug-likeness (QED) is 0.448. The van der Waals surface area contributed by atoms with Crippen LogP contribution in [-0.4, -0.2) is 0 Å². The fraction of sp³-hybridized carbons (Fsp3) is 0.0526. The number of anilines is 2. The van der Waals surface area contributed by atoms with Crippen LogP contribution in [0.3, 0.4) is 0 Å². The van der Waals surface area contributed by atoms with Gasteiger partial charge in [0.25, 0.3) is 0 Å². The monoisotopic (exact) mass is 320 g/mol. The number of halogens is 1. The minimum absolute atomic E-state index is 0.312. The Morgan fingerprint density at radius 3 is 1.92 bits per heavy atom. The number of hydrogen-bond acceptors (Lipinski definition) is 4. The number of para-hydroxylation sites is 1. The molecule has 24 heavy (non-hydrogen) atoms. The molecule has 0 aromatic heterocycles. The zero-order valence-corrected chi connectivity index (χ0v) is 13.2.